The number of amides is 2. The van der Waals surface area contributed by atoms with Gasteiger partial charge < -0.3 is 25.6 Å². The van der Waals surface area contributed by atoms with Crippen LogP contribution in [0.5, 0.6) is 5.75 Å². The molecule has 4 rings (SSSR count). The van der Waals surface area contributed by atoms with Crippen LogP contribution in [0.15, 0.2) is 48.5 Å². The van der Waals surface area contributed by atoms with Crippen molar-refractivity contribution in [3.63, 3.8) is 0 Å². The fraction of sp³-hybridized carbons (Fsp3) is 0.261. The van der Waals surface area contributed by atoms with Crippen LogP contribution < -0.4 is 25.6 Å². The van der Waals surface area contributed by atoms with Crippen molar-refractivity contribution in [2.45, 2.75) is 19.8 Å². The van der Waals surface area contributed by atoms with Gasteiger partial charge in [-0.05, 0) is 62.2 Å². The summed E-state index contributed by atoms with van der Waals surface area (Å²) in [6.45, 7) is 3.95. The molecule has 0 radical (unpaired) electrons. The Balaban J connectivity index is 1.39. The van der Waals surface area contributed by atoms with E-state index in [0.29, 0.717) is 22.1 Å². The van der Waals surface area contributed by atoms with Gasteiger partial charge in [0.05, 0.1) is 12.8 Å². The van der Waals surface area contributed by atoms with Crippen molar-refractivity contribution in [3.05, 3.63) is 59.4 Å². The van der Waals surface area contributed by atoms with E-state index in [1.54, 1.807) is 18.2 Å². The molecule has 166 valence electrons. The third kappa shape index (κ3) is 5.39. The zero-order valence-electron chi connectivity index (χ0n) is 18.0. The van der Waals surface area contributed by atoms with Crippen LogP contribution in [-0.4, -0.2) is 36.2 Å². The molecule has 1 aliphatic heterocycles. The summed E-state index contributed by atoms with van der Waals surface area (Å²) in [5.74, 6) is 2.94. The average Bonchev–Trinajstić information content (AvgIpc) is 3.30. The van der Waals surface area contributed by atoms with Crippen molar-refractivity contribution in [2.24, 2.45) is 0 Å². The van der Waals surface area contributed by atoms with Gasteiger partial charge in [-0.2, -0.15) is 0 Å². The predicted molar refractivity (Wildman–Crippen MR) is 129 cm³/mol. The molecule has 2 aromatic carbocycles. The number of urea groups is 1. The van der Waals surface area contributed by atoms with E-state index >= 15 is 0 Å². The van der Waals surface area contributed by atoms with E-state index in [-0.39, 0.29) is 0 Å². The summed E-state index contributed by atoms with van der Waals surface area (Å²) >= 11 is 6.01. The summed E-state index contributed by atoms with van der Waals surface area (Å²) in [5.41, 5.74) is 1.99. The first kappa shape index (κ1) is 21.7. The Morgan fingerprint density at radius 3 is 2.44 bits per heavy atom. The van der Waals surface area contributed by atoms with Crippen molar-refractivity contribution >= 4 is 46.3 Å². The van der Waals surface area contributed by atoms with Crippen LogP contribution in [-0.2, 0) is 0 Å². The van der Waals surface area contributed by atoms with E-state index in [1.807, 2.05) is 37.3 Å². The number of halogens is 1. The Kier molecular flexibility index (Phi) is 6.61. The fourth-order valence-electron chi connectivity index (χ4n) is 3.57. The lowest BCUT2D eigenvalue weighted by molar-refractivity contribution is 0.262. The minimum Gasteiger partial charge on any atom is -0.495 e. The molecule has 0 spiro atoms. The maximum absolute atomic E-state index is 12.4. The van der Waals surface area contributed by atoms with Crippen LogP contribution in [0.1, 0.15) is 18.7 Å². The van der Waals surface area contributed by atoms with E-state index in [2.05, 4.69) is 30.8 Å². The molecule has 0 aliphatic carbocycles. The van der Waals surface area contributed by atoms with Crippen molar-refractivity contribution in [3.8, 4) is 5.75 Å². The molecule has 0 bridgehead atoms. The summed E-state index contributed by atoms with van der Waals surface area (Å²) in [5, 5.41) is 9.36. The van der Waals surface area contributed by atoms with Gasteiger partial charge in [0.25, 0.3) is 0 Å². The molecule has 0 unspecified atom stereocenters. The summed E-state index contributed by atoms with van der Waals surface area (Å²) in [6, 6.07) is 14.0. The van der Waals surface area contributed by atoms with Crippen LogP contribution in [0, 0.1) is 6.92 Å². The highest BCUT2D eigenvalue weighted by molar-refractivity contribution is 6.31. The first-order valence-electron chi connectivity index (χ1n) is 10.4. The second-order valence-corrected chi connectivity index (χ2v) is 7.92. The highest BCUT2D eigenvalue weighted by Crippen LogP contribution is 2.28. The van der Waals surface area contributed by atoms with E-state index < -0.39 is 6.03 Å². The Labute approximate surface area is 192 Å². The lowest BCUT2D eigenvalue weighted by Gasteiger charge is -2.18. The molecule has 8 nitrogen and oxygen atoms in total. The van der Waals surface area contributed by atoms with Crippen LogP contribution in [0.3, 0.4) is 0 Å². The molecule has 2 heterocycles. The van der Waals surface area contributed by atoms with Gasteiger partial charge in [0, 0.05) is 35.6 Å². The number of hydrogen-bond acceptors (Lipinski definition) is 6. The standard InChI is InChI=1S/C23H25ClN6O2/c1-15-25-21(14-22(26-15)30-11-3-4-12-30)27-17-6-8-18(9-7-17)28-23(31)29-19-13-16(24)5-10-20(19)32-2/h5-10,13-14H,3-4,11-12H2,1-2H3,(H,25,26,27)(H2,28,29,31). The van der Waals surface area contributed by atoms with Crippen LogP contribution in [0.2, 0.25) is 5.02 Å². The van der Waals surface area contributed by atoms with Crippen molar-refractivity contribution in [1.82, 2.24) is 9.97 Å². The second kappa shape index (κ2) is 9.74. The van der Waals surface area contributed by atoms with Crippen LogP contribution in [0.4, 0.5) is 33.5 Å². The highest BCUT2D eigenvalue weighted by Gasteiger charge is 2.15. The lowest BCUT2D eigenvalue weighted by Crippen LogP contribution is -2.20. The van der Waals surface area contributed by atoms with E-state index in [1.165, 1.54) is 20.0 Å². The van der Waals surface area contributed by atoms with Gasteiger partial charge >= 0.3 is 6.03 Å². The number of nitrogens with zero attached hydrogens (tertiary/aromatic N) is 3. The Morgan fingerprint density at radius 1 is 1.00 bits per heavy atom. The lowest BCUT2D eigenvalue weighted by atomic mass is 10.2. The number of aryl methyl sites for hydroxylation is 1. The number of rotatable bonds is 6. The molecular weight excluding hydrogens is 428 g/mol. The molecule has 1 saturated heterocycles. The maximum Gasteiger partial charge on any atom is 0.323 e. The van der Waals surface area contributed by atoms with Gasteiger partial charge in [0.2, 0.25) is 0 Å². The largest absolute Gasteiger partial charge is 0.495 e. The second-order valence-electron chi connectivity index (χ2n) is 7.48. The molecule has 3 N–H and O–H groups in total. The quantitative estimate of drug-likeness (QED) is 0.461. The third-order valence-electron chi connectivity index (χ3n) is 5.08. The number of ether oxygens (including phenoxy) is 1. The average molecular weight is 453 g/mol. The smallest absolute Gasteiger partial charge is 0.323 e. The number of hydrogen-bond donors (Lipinski definition) is 3. The topological polar surface area (TPSA) is 91.4 Å². The molecule has 9 heteroatoms. The van der Waals surface area contributed by atoms with Gasteiger partial charge in [-0.3, -0.25) is 0 Å². The van der Waals surface area contributed by atoms with Crippen molar-refractivity contribution < 1.29 is 9.53 Å². The number of anilines is 5. The van der Waals surface area contributed by atoms with E-state index in [0.717, 1.165) is 36.2 Å². The minimum atomic E-state index is -0.395. The molecule has 0 atom stereocenters. The molecule has 1 fully saturated rings. The first-order chi connectivity index (χ1) is 15.5. The monoisotopic (exact) mass is 452 g/mol. The minimum absolute atomic E-state index is 0.395. The van der Waals surface area contributed by atoms with Crippen LogP contribution >= 0.6 is 11.6 Å². The molecule has 3 aromatic rings. The molecule has 1 aliphatic rings. The highest BCUT2D eigenvalue weighted by atomic mass is 35.5. The van der Waals surface area contributed by atoms with E-state index in [9.17, 15) is 4.79 Å². The summed E-state index contributed by atoms with van der Waals surface area (Å²) in [7, 11) is 1.53. The van der Waals surface area contributed by atoms with Gasteiger partial charge in [-0.25, -0.2) is 14.8 Å². The number of carbonyl (C=O) groups is 1. The molecule has 1 aromatic heterocycles. The fourth-order valence-corrected chi connectivity index (χ4v) is 3.74. The normalized spacial score (nSPS) is 13.0. The Hall–Kier alpha value is -3.52. The number of benzene rings is 2. The van der Waals surface area contributed by atoms with Gasteiger partial charge in [0.15, 0.2) is 0 Å². The summed E-state index contributed by atoms with van der Waals surface area (Å²) in [4.78, 5) is 23.7. The van der Waals surface area contributed by atoms with Gasteiger partial charge in [-0.15, -0.1) is 0 Å². The zero-order chi connectivity index (χ0) is 22.5. The number of methoxy groups -OCH3 is 1. The Bertz CT molecular complexity index is 1100. The summed E-state index contributed by atoms with van der Waals surface area (Å²) in [6.07, 6.45) is 2.38. The first-order valence-corrected chi connectivity index (χ1v) is 10.8. The summed E-state index contributed by atoms with van der Waals surface area (Å²) < 4.78 is 5.25. The molecule has 32 heavy (non-hydrogen) atoms. The number of nitrogens with one attached hydrogen (secondary N) is 3. The number of carbonyl (C=O) groups excluding carboxylic acids is 1. The van der Waals surface area contributed by atoms with Crippen molar-refractivity contribution in [2.75, 3.05) is 41.0 Å². The molecular formula is C23H25ClN6O2. The van der Waals surface area contributed by atoms with Crippen molar-refractivity contribution in [1.29, 1.82) is 0 Å². The Morgan fingerprint density at radius 2 is 1.72 bits per heavy atom. The maximum atomic E-state index is 12.4. The van der Waals surface area contributed by atoms with Gasteiger partial charge in [0.1, 0.15) is 23.2 Å². The number of aromatic nitrogens is 2. The predicted octanol–water partition coefficient (Wildman–Crippen LogP) is 5.43. The molecule has 0 saturated carbocycles. The zero-order valence-corrected chi connectivity index (χ0v) is 18.7. The van der Waals surface area contributed by atoms with Crippen LogP contribution in [0.25, 0.3) is 0 Å². The molecule has 2 amide bonds. The third-order valence-corrected chi connectivity index (χ3v) is 5.31. The SMILES string of the molecule is COc1ccc(Cl)cc1NC(=O)Nc1ccc(Nc2cc(N3CCCC3)nc(C)n2)cc1. The van der Waals surface area contributed by atoms with Gasteiger partial charge in [-0.1, -0.05) is 11.6 Å². The van der Waals surface area contributed by atoms with E-state index in [4.69, 9.17) is 16.3 Å².